The number of esters is 2. The smallest absolute Gasteiger partial charge is 0.335 e. The largest absolute Gasteiger partial charge is 0.467 e. The Hall–Kier alpha value is -1.10. The Labute approximate surface area is 82.3 Å². The molecule has 0 N–H and O–H groups in total. The molecule has 1 saturated heterocycles. The molecule has 0 aromatic carbocycles. The van der Waals surface area contributed by atoms with Crippen molar-refractivity contribution in [3.8, 4) is 0 Å². The van der Waals surface area contributed by atoms with Gasteiger partial charge in [-0.1, -0.05) is 0 Å². The Morgan fingerprint density at radius 3 is 2.71 bits per heavy atom. The molecule has 1 aliphatic heterocycles. The van der Waals surface area contributed by atoms with Gasteiger partial charge in [-0.2, -0.15) is 0 Å². The second-order valence-corrected chi connectivity index (χ2v) is 3.14. The Bertz CT molecular complexity index is 225. The van der Waals surface area contributed by atoms with Crippen LogP contribution >= 0.6 is 0 Å². The summed E-state index contributed by atoms with van der Waals surface area (Å²) in [4.78, 5) is 21.8. The molecule has 0 radical (unpaired) electrons. The van der Waals surface area contributed by atoms with Crippen molar-refractivity contribution >= 4 is 11.9 Å². The summed E-state index contributed by atoms with van der Waals surface area (Å²) in [5.74, 6) is -0.748. The molecule has 0 saturated carbocycles. The zero-order chi connectivity index (χ0) is 10.6. The van der Waals surface area contributed by atoms with Gasteiger partial charge in [-0.05, 0) is 0 Å². The van der Waals surface area contributed by atoms with Gasteiger partial charge in [0, 0.05) is 19.8 Å². The second kappa shape index (κ2) is 4.95. The Kier molecular flexibility index (Phi) is 3.88. The van der Waals surface area contributed by atoms with E-state index in [4.69, 9.17) is 9.47 Å². The lowest BCUT2D eigenvalue weighted by molar-refractivity contribution is -0.168. The van der Waals surface area contributed by atoms with Crippen molar-refractivity contribution in [2.24, 2.45) is 0 Å². The highest BCUT2D eigenvalue weighted by molar-refractivity contribution is 5.74. The van der Waals surface area contributed by atoms with E-state index in [-0.39, 0.29) is 12.1 Å². The van der Waals surface area contributed by atoms with Crippen LogP contribution in [-0.4, -0.2) is 37.9 Å². The van der Waals surface area contributed by atoms with E-state index < -0.39 is 12.1 Å². The third-order valence-electron chi connectivity index (χ3n) is 2.03. The monoisotopic (exact) mass is 202 g/mol. The number of methoxy groups -OCH3 is 1. The average Bonchev–Trinajstić information content (AvgIpc) is 2.16. The molecular formula is C9H14O5. The lowest BCUT2D eigenvalue weighted by Crippen LogP contribution is -2.37. The molecule has 0 spiro atoms. The van der Waals surface area contributed by atoms with Gasteiger partial charge in [0.15, 0.2) is 6.10 Å². The molecule has 1 heterocycles. The molecule has 0 aromatic heterocycles. The van der Waals surface area contributed by atoms with E-state index in [1.807, 2.05) is 0 Å². The molecule has 80 valence electrons. The van der Waals surface area contributed by atoms with E-state index in [0.717, 1.165) is 0 Å². The van der Waals surface area contributed by atoms with E-state index in [1.165, 1.54) is 14.0 Å². The number of hydrogen-bond donors (Lipinski definition) is 0. The van der Waals surface area contributed by atoms with Crippen molar-refractivity contribution in [1.29, 1.82) is 0 Å². The first-order chi connectivity index (χ1) is 6.63. The van der Waals surface area contributed by atoms with Crippen LogP contribution in [0.25, 0.3) is 0 Å². The van der Waals surface area contributed by atoms with Crippen LogP contribution in [0, 0.1) is 0 Å². The Balaban J connectivity index is 2.43. The molecule has 1 rings (SSSR count). The Morgan fingerprint density at radius 1 is 1.43 bits per heavy atom. The summed E-state index contributed by atoms with van der Waals surface area (Å²) in [7, 11) is 1.31. The molecular weight excluding hydrogens is 188 g/mol. The minimum Gasteiger partial charge on any atom is -0.467 e. The molecule has 1 fully saturated rings. The lowest BCUT2D eigenvalue weighted by Gasteiger charge is -2.27. The lowest BCUT2D eigenvalue weighted by atomic mass is 10.1. The molecule has 0 aromatic rings. The summed E-state index contributed by atoms with van der Waals surface area (Å²) in [5, 5.41) is 0. The van der Waals surface area contributed by atoms with Gasteiger partial charge in [0.2, 0.25) is 0 Å². The quantitative estimate of drug-likeness (QED) is 0.601. The second-order valence-electron chi connectivity index (χ2n) is 3.14. The molecule has 14 heavy (non-hydrogen) atoms. The van der Waals surface area contributed by atoms with Crippen LogP contribution in [0.4, 0.5) is 0 Å². The normalized spacial score (nSPS) is 26.7. The van der Waals surface area contributed by atoms with Crippen LogP contribution in [0.3, 0.4) is 0 Å². The average molecular weight is 202 g/mol. The number of carbonyl (C=O) groups excluding carboxylic acids is 2. The highest BCUT2D eigenvalue weighted by Gasteiger charge is 2.30. The van der Waals surface area contributed by atoms with Gasteiger partial charge >= 0.3 is 11.9 Å². The van der Waals surface area contributed by atoms with Crippen LogP contribution in [0.1, 0.15) is 19.8 Å². The molecule has 0 aliphatic carbocycles. The fraction of sp³-hybridized carbons (Fsp3) is 0.778. The third-order valence-corrected chi connectivity index (χ3v) is 2.03. The molecule has 0 bridgehead atoms. The molecule has 1 unspecified atom stereocenters. The molecule has 5 heteroatoms. The van der Waals surface area contributed by atoms with Crippen molar-refractivity contribution in [2.45, 2.75) is 32.0 Å². The fourth-order valence-electron chi connectivity index (χ4n) is 1.40. The van der Waals surface area contributed by atoms with Gasteiger partial charge in [-0.15, -0.1) is 0 Å². The van der Waals surface area contributed by atoms with Crippen molar-refractivity contribution in [2.75, 3.05) is 13.7 Å². The summed E-state index contributed by atoms with van der Waals surface area (Å²) in [6.07, 6.45) is 0.183. The number of carbonyl (C=O) groups is 2. The maximum Gasteiger partial charge on any atom is 0.335 e. The zero-order valence-corrected chi connectivity index (χ0v) is 8.32. The van der Waals surface area contributed by atoms with E-state index >= 15 is 0 Å². The van der Waals surface area contributed by atoms with E-state index in [2.05, 4.69) is 4.74 Å². The van der Waals surface area contributed by atoms with Gasteiger partial charge < -0.3 is 14.2 Å². The van der Waals surface area contributed by atoms with Crippen LogP contribution in [0.15, 0.2) is 0 Å². The molecule has 2 atom stereocenters. The van der Waals surface area contributed by atoms with Crippen molar-refractivity contribution in [3.05, 3.63) is 0 Å². The van der Waals surface area contributed by atoms with Gasteiger partial charge in [-0.25, -0.2) is 4.79 Å². The predicted molar refractivity (Wildman–Crippen MR) is 46.5 cm³/mol. The van der Waals surface area contributed by atoms with E-state index in [0.29, 0.717) is 19.4 Å². The summed E-state index contributed by atoms with van der Waals surface area (Å²) in [6.45, 7) is 1.76. The third kappa shape index (κ3) is 2.99. The van der Waals surface area contributed by atoms with Crippen molar-refractivity contribution < 1.29 is 23.8 Å². The summed E-state index contributed by atoms with van der Waals surface area (Å²) in [6, 6.07) is 0. The summed E-state index contributed by atoms with van der Waals surface area (Å²) in [5.41, 5.74) is 0. The van der Waals surface area contributed by atoms with Gasteiger partial charge in [0.05, 0.1) is 13.7 Å². The summed E-state index contributed by atoms with van der Waals surface area (Å²) < 4.78 is 14.7. The van der Waals surface area contributed by atoms with Gasteiger partial charge in [0.1, 0.15) is 6.10 Å². The minimum absolute atomic E-state index is 0.231. The highest BCUT2D eigenvalue weighted by Crippen LogP contribution is 2.17. The molecule has 5 nitrogen and oxygen atoms in total. The number of ether oxygens (including phenoxy) is 3. The summed E-state index contributed by atoms with van der Waals surface area (Å²) >= 11 is 0. The highest BCUT2D eigenvalue weighted by atomic mass is 16.6. The molecule has 1 aliphatic rings. The predicted octanol–water partition coefficient (Wildman–Crippen LogP) is 0.270. The molecule has 0 amide bonds. The van der Waals surface area contributed by atoms with Crippen molar-refractivity contribution in [3.63, 3.8) is 0 Å². The van der Waals surface area contributed by atoms with Crippen LogP contribution < -0.4 is 0 Å². The fourth-order valence-corrected chi connectivity index (χ4v) is 1.40. The Morgan fingerprint density at radius 2 is 2.14 bits per heavy atom. The first-order valence-electron chi connectivity index (χ1n) is 4.50. The standard InChI is InChI=1S/C9H14O5/c1-6(10)14-7-3-4-13-8(5-7)9(11)12-2/h7-8H,3-5H2,1-2H3/t7?,8-/m0/s1. The van der Waals surface area contributed by atoms with Crippen molar-refractivity contribution in [1.82, 2.24) is 0 Å². The first-order valence-corrected chi connectivity index (χ1v) is 4.50. The number of rotatable bonds is 2. The van der Waals surface area contributed by atoms with Crippen LogP contribution in [0.2, 0.25) is 0 Å². The zero-order valence-electron chi connectivity index (χ0n) is 8.32. The maximum atomic E-state index is 11.1. The SMILES string of the molecule is COC(=O)[C@@H]1CC(OC(C)=O)CCO1. The number of hydrogen-bond acceptors (Lipinski definition) is 5. The van der Waals surface area contributed by atoms with Gasteiger partial charge in [-0.3, -0.25) is 4.79 Å². The van der Waals surface area contributed by atoms with E-state index in [1.54, 1.807) is 0 Å². The topological polar surface area (TPSA) is 61.8 Å². The van der Waals surface area contributed by atoms with Gasteiger partial charge in [0.25, 0.3) is 0 Å². The maximum absolute atomic E-state index is 11.1. The van der Waals surface area contributed by atoms with Crippen LogP contribution in [0.5, 0.6) is 0 Å². The van der Waals surface area contributed by atoms with E-state index in [9.17, 15) is 9.59 Å². The minimum atomic E-state index is -0.599. The first kappa shape index (κ1) is 11.0. The van der Waals surface area contributed by atoms with Crippen LogP contribution in [-0.2, 0) is 23.8 Å².